The van der Waals surface area contributed by atoms with Gasteiger partial charge in [0.25, 0.3) is 5.95 Å². The van der Waals surface area contributed by atoms with Gasteiger partial charge in [-0.05, 0) is 13.0 Å². The second-order valence-corrected chi connectivity index (χ2v) is 3.57. The summed E-state index contributed by atoms with van der Waals surface area (Å²) in [5, 5.41) is 0. The Kier molecular flexibility index (Phi) is 3.60. The average molecular weight is 230 g/mol. The van der Waals surface area contributed by atoms with Crippen molar-refractivity contribution in [1.29, 1.82) is 0 Å². The van der Waals surface area contributed by atoms with E-state index in [0.717, 1.165) is 0 Å². The van der Waals surface area contributed by atoms with E-state index in [0.29, 0.717) is 18.1 Å². The number of hydrogen-bond donors (Lipinski definition) is 0. The minimum atomic E-state index is -0.594. The maximum atomic E-state index is 12.1. The van der Waals surface area contributed by atoms with Crippen molar-refractivity contribution in [2.45, 2.75) is 13.0 Å². The zero-order valence-electron chi connectivity index (χ0n) is 9.63. The van der Waals surface area contributed by atoms with Gasteiger partial charge in [0.1, 0.15) is 0 Å². The summed E-state index contributed by atoms with van der Waals surface area (Å²) in [6, 6.07) is 9.09. The Morgan fingerprint density at radius 3 is 2.82 bits per heavy atom. The van der Waals surface area contributed by atoms with Gasteiger partial charge < -0.3 is 9.47 Å². The monoisotopic (exact) mass is 230 g/mol. The van der Waals surface area contributed by atoms with Crippen LogP contribution in [0, 0.1) is 0 Å². The van der Waals surface area contributed by atoms with Crippen molar-refractivity contribution in [2.75, 3.05) is 6.61 Å². The van der Waals surface area contributed by atoms with Crippen molar-refractivity contribution in [3.8, 4) is 0 Å². The zero-order chi connectivity index (χ0) is 12.1. The first-order chi connectivity index (χ1) is 8.31. The van der Waals surface area contributed by atoms with Crippen LogP contribution in [-0.2, 0) is 9.47 Å². The van der Waals surface area contributed by atoms with Gasteiger partial charge in [0.2, 0.25) is 5.78 Å². The van der Waals surface area contributed by atoms with Crippen LogP contribution in [0.25, 0.3) is 0 Å². The minimum absolute atomic E-state index is 0.0628. The Morgan fingerprint density at radius 2 is 2.12 bits per heavy atom. The number of rotatable bonds is 4. The van der Waals surface area contributed by atoms with Gasteiger partial charge >= 0.3 is 0 Å². The van der Waals surface area contributed by atoms with Crippen LogP contribution in [-0.4, -0.2) is 18.5 Å². The third-order valence-corrected chi connectivity index (χ3v) is 2.36. The molecule has 0 radical (unpaired) electrons. The summed E-state index contributed by atoms with van der Waals surface area (Å²) in [5.74, 6) is 0.330. The number of benzene rings is 1. The Morgan fingerprint density at radius 1 is 1.35 bits per heavy atom. The first-order valence-corrected chi connectivity index (χ1v) is 5.58. The largest absolute Gasteiger partial charge is 0.466 e. The second kappa shape index (κ2) is 5.34. The predicted octanol–water partition coefficient (Wildman–Crippen LogP) is 2.70. The molecule has 0 amide bonds. The van der Waals surface area contributed by atoms with E-state index in [1.54, 1.807) is 30.4 Å². The molecule has 0 N–H and O–H groups in total. The molecule has 0 bridgehead atoms. The van der Waals surface area contributed by atoms with Crippen molar-refractivity contribution in [1.82, 2.24) is 0 Å². The van der Waals surface area contributed by atoms with E-state index < -0.39 is 6.10 Å². The van der Waals surface area contributed by atoms with Crippen LogP contribution in [0.4, 0.5) is 0 Å². The third-order valence-electron chi connectivity index (χ3n) is 2.36. The third kappa shape index (κ3) is 2.75. The second-order valence-electron chi connectivity index (χ2n) is 3.57. The maximum Gasteiger partial charge on any atom is 0.280 e. The van der Waals surface area contributed by atoms with Crippen LogP contribution in [0.1, 0.15) is 17.3 Å². The average Bonchev–Trinajstić information content (AvgIpc) is 2.40. The van der Waals surface area contributed by atoms with Gasteiger partial charge in [-0.25, -0.2) is 0 Å². The molecule has 88 valence electrons. The Hall–Kier alpha value is -2.03. The van der Waals surface area contributed by atoms with Gasteiger partial charge in [0.15, 0.2) is 6.10 Å². The molecule has 1 aliphatic rings. The molecule has 1 unspecified atom stereocenters. The van der Waals surface area contributed by atoms with Crippen molar-refractivity contribution >= 4 is 5.78 Å². The molecule has 1 aromatic carbocycles. The molecule has 1 heterocycles. The fourth-order valence-corrected chi connectivity index (χ4v) is 1.57. The van der Waals surface area contributed by atoms with Crippen LogP contribution in [0.5, 0.6) is 0 Å². The van der Waals surface area contributed by atoms with Crippen molar-refractivity contribution in [3.05, 3.63) is 60.1 Å². The first-order valence-electron chi connectivity index (χ1n) is 5.58. The van der Waals surface area contributed by atoms with Crippen LogP contribution in [0.15, 0.2) is 54.5 Å². The number of carbonyl (C=O) groups is 1. The highest BCUT2D eigenvalue weighted by Gasteiger charge is 2.22. The van der Waals surface area contributed by atoms with Crippen molar-refractivity contribution < 1.29 is 14.3 Å². The molecular weight excluding hydrogens is 216 g/mol. The number of ketones is 1. The van der Waals surface area contributed by atoms with Crippen molar-refractivity contribution in [2.24, 2.45) is 0 Å². The van der Waals surface area contributed by atoms with Gasteiger partial charge in [-0.15, -0.1) is 0 Å². The van der Waals surface area contributed by atoms with Gasteiger partial charge in [-0.1, -0.05) is 36.4 Å². The fourth-order valence-electron chi connectivity index (χ4n) is 1.57. The van der Waals surface area contributed by atoms with Crippen LogP contribution >= 0.6 is 0 Å². The molecule has 0 aromatic heterocycles. The molecule has 1 aliphatic heterocycles. The van der Waals surface area contributed by atoms with Gasteiger partial charge in [-0.3, -0.25) is 4.79 Å². The summed E-state index contributed by atoms with van der Waals surface area (Å²) in [6.07, 6.45) is 4.61. The number of Topliss-reactive ketones (excluding diaryl/α,β-unsaturated/α-hetero) is 1. The molecule has 0 saturated heterocycles. The van der Waals surface area contributed by atoms with E-state index in [1.165, 1.54) is 0 Å². The maximum absolute atomic E-state index is 12.1. The lowest BCUT2D eigenvalue weighted by atomic mass is 10.1. The van der Waals surface area contributed by atoms with Gasteiger partial charge in [0.05, 0.1) is 6.61 Å². The molecule has 1 aromatic rings. The van der Waals surface area contributed by atoms with E-state index in [4.69, 9.17) is 9.47 Å². The molecule has 0 fully saturated rings. The summed E-state index contributed by atoms with van der Waals surface area (Å²) in [6.45, 7) is 2.39. The fraction of sp³-hybridized carbons (Fsp3) is 0.214. The van der Waals surface area contributed by atoms with E-state index in [2.05, 4.69) is 0 Å². The lowest BCUT2D eigenvalue weighted by Crippen LogP contribution is -2.24. The van der Waals surface area contributed by atoms with Gasteiger partial charge in [0, 0.05) is 11.6 Å². The summed E-state index contributed by atoms with van der Waals surface area (Å²) in [5.41, 5.74) is 0.639. The lowest BCUT2D eigenvalue weighted by Gasteiger charge is -2.19. The molecular formula is C14H14O3. The lowest BCUT2D eigenvalue weighted by molar-refractivity contribution is 0.0138. The molecule has 2 rings (SSSR count). The minimum Gasteiger partial charge on any atom is -0.466 e. The summed E-state index contributed by atoms with van der Waals surface area (Å²) >= 11 is 0. The quantitative estimate of drug-likeness (QED) is 0.746. The van der Waals surface area contributed by atoms with E-state index in [9.17, 15) is 4.79 Å². The Balaban J connectivity index is 2.08. The molecule has 0 aliphatic carbocycles. The number of ether oxygens (including phenoxy) is 2. The van der Waals surface area contributed by atoms with Crippen molar-refractivity contribution in [3.63, 3.8) is 0 Å². The Labute approximate surface area is 100 Å². The Bertz CT molecular complexity index is 446. The molecule has 1 atom stereocenters. The first kappa shape index (κ1) is 11.5. The van der Waals surface area contributed by atoms with Crippen LogP contribution in [0.2, 0.25) is 0 Å². The highest BCUT2D eigenvalue weighted by molar-refractivity contribution is 6.00. The predicted molar refractivity (Wildman–Crippen MR) is 64.5 cm³/mol. The summed E-state index contributed by atoms with van der Waals surface area (Å²) < 4.78 is 10.7. The van der Waals surface area contributed by atoms with E-state index in [1.807, 2.05) is 25.1 Å². The SMILES string of the molecule is CCOC1=CC=CC(C(=O)c2ccccc2)O1. The zero-order valence-corrected chi connectivity index (χ0v) is 9.63. The summed E-state index contributed by atoms with van der Waals surface area (Å²) in [7, 11) is 0. The molecule has 17 heavy (non-hydrogen) atoms. The van der Waals surface area contributed by atoms with Crippen LogP contribution < -0.4 is 0 Å². The number of carbonyl (C=O) groups excluding carboxylic acids is 1. The van der Waals surface area contributed by atoms with E-state index >= 15 is 0 Å². The standard InChI is InChI=1S/C14H14O3/c1-2-16-13-10-6-9-12(17-13)14(15)11-7-4-3-5-8-11/h3-10,12H,2H2,1H3. The highest BCUT2D eigenvalue weighted by atomic mass is 16.7. The molecule has 3 nitrogen and oxygen atoms in total. The molecule has 0 saturated carbocycles. The molecule has 0 spiro atoms. The summed E-state index contributed by atoms with van der Waals surface area (Å²) in [4.78, 5) is 12.1. The smallest absolute Gasteiger partial charge is 0.280 e. The van der Waals surface area contributed by atoms with Gasteiger partial charge in [-0.2, -0.15) is 0 Å². The van der Waals surface area contributed by atoms with Crippen LogP contribution in [0.3, 0.4) is 0 Å². The molecule has 3 heteroatoms. The number of hydrogen-bond acceptors (Lipinski definition) is 3. The highest BCUT2D eigenvalue weighted by Crippen LogP contribution is 2.16. The van der Waals surface area contributed by atoms with E-state index in [-0.39, 0.29) is 5.78 Å². The normalized spacial score (nSPS) is 18.2. The topological polar surface area (TPSA) is 35.5 Å². The number of allylic oxidation sites excluding steroid dienone is 2.